The van der Waals surface area contributed by atoms with Gasteiger partial charge in [-0.05, 0) is 43.3 Å². The number of hydrazine groups is 1. The van der Waals surface area contributed by atoms with E-state index in [0.29, 0.717) is 10.8 Å². The predicted octanol–water partition coefficient (Wildman–Crippen LogP) is 3.23. The van der Waals surface area contributed by atoms with E-state index in [4.69, 9.17) is 9.47 Å². The number of halogens is 2. The van der Waals surface area contributed by atoms with Gasteiger partial charge in [-0.25, -0.2) is 13.8 Å². The lowest BCUT2D eigenvalue weighted by Crippen LogP contribution is -2.47. The lowest BCUT2D eigenvalue weighted by molar-refractivity contribution is -0.128. The van der Waals surface area contributed by atoms with Crippen molar-refractivity contribution in [3.05, 3.63) is 76.2 Å². The van der Waals surface area contributed by atoms with Crippen molar-refractivity contribution >= 4 is 23.2 Å². The van der Waals surface area contributed by atoms with E-state index in [1.807, 2.05) is 0 Å². The molecule has 2 amide bonds. The van der Waals surface area contributed by atoms with Gasteiger partial charge in [-0.3, -0.25) is 20.4 Å². The van der Waals surface area contributed by atoms with E-state index in [-0.39, 0.29) is 23.9 Å². The third-order valence-electron chi connectivity index (χ3n) is 3.77. The Morgan fingerprint density at radius 1 is 1.10 bits per heavy atom. The molecule has 7 nitrogen and oxygen atoms in total. The van der Waals surface area contributed by atoms with E-state index in [1.54, 1.807) is 6.07 Å². The maximum absolute atomic E-state index is 13.6. The van der Waals surface area contributed by atoms with Crippen molar-refractivity contribution in [3.8, 4) is 11.5 Å². The average molecular weight is 433 g/mol. The molecule has 3 aromatic rings. The molecule has 2 N–H and O–H groups in total. The lowest BCUT2D eigenvalue weighted by Gasteiger charge is -2.15. The summed E-state index contributed by atoms with van der Waals surface area (Å²) in [5.41, 5.74) is 4.51. The summed E-state index contributed by atoms with van der Waals surface area (Å²) in [6.07, 6.45) is -1.04. The molecule has 0 spiro atoms. The zero-order chi connectivity index (χ0) is 21.5. The second-order valence-electron chi connectivity index (χ2n) is 6.00. The first kappa shape index (κ1) is 21.2. The molecule has 0 aliphatic carbocycles. The van der Waals surface area contributed by atoms with Crippen molar-refractivity contribution in [1.82, 2.24) is 15.8 Å². The van der Waals surface area contributed by atoms with Crippen LogP contribution >= 0.6 is 11.3 Å². The van der Waals surface area contributed by atoms with Gasteiger partial charge in [-0.2, -0.15) is 0 Å². The molecule has 1 aromatic heterocycles. The summed E-state index contributed by atoms with van der Waals surface area (Å²) in [4.78, 5) is 28.3. The van der Waals surface area contributed by atoms with Gasteiger partial charge in [0.1, 0.15) is 28.9 Å². The third-order valence-corrected chi connectivity index (χ3v) is 4.59. The number of hydrogen-bond donors (Lipinski definition) is 2. The Labute approximate surface area is 174 Å². The number of nitrogens with zero attached hydrogens (tertiary/aromatic N) is 1. The number of hydrogen-bond acceptors (Lipinski definition) is 6. The minimum atomic E-state index is -1.04. The van der Waals surface area contributed by atoms with Crippen molar-refractivity contribution in [1.29, 1.82) is 0 Å². The summed E-state index contributed by atoms with van der Waals surface area (Å²) in [6, 6.07) is 11.2. The number of carbonyl (C=O) groups is 2. The van der Waals surface area contributed by atoms with Crippen molar-refractivity contribution in [2.45, 2.75) is 19.6 Å². The maximum Gasteiger partial charge on any atom is 0.289 e. The van der Waals surface area contributed by atoms with Crippen molar-refractivity contribution in [2.24, 2.45) is 0 Å². The first-order valence-electron chi connectivity index (χ1n) is 8.76. The fourth-order valence-electron chi connectivity index (χ4n) is 2.23. The highest BCUT2D eigenvalue weighted by Gasteiger charge is 2.18. The first-order valence-corrected chi connectivity index (χ1v) is 9.64. The smallest absolute Gasteiger partial charge is 0.289 e. The van der Waals surface area contributed by atoms with Gasteiger partial charge in [0, 0.05) is 5.38 Å². The third kappa shape index (κ3) is 5.74. The number of benzene rings is 2. The van der Waals surface area contributed by atoms with Crippen LogP contribution in [0.2, 0.25) is 0 Å². The SMILES string of the molecule is CC(Oc1ccccc1F)C(=O)NNC(=O)c1csc(COc2ccc(F)cc2)n1. The molecule has 1 atom stereocenters. The van der Waals surface area contributed by atoms with Gasteiger partial charge in [0.05, 0.1) is 0 Å². The van der Waals surface area contributed by atoms with Gasteiger partial charge in [0.25, 0.3) is 11.8 Å². The van der Waals surface area contributed by atoms with Crippen LogP contribution in [-0.2, 0) is 11.4 Å². The van der Waals surface area contributed by atoms with E-state index >= 15 is 0 Å². The molecule has 0 radical (unpaired) electrons. The summed E-state index contributed by atoms with van der Waals surface area (Å²) in [7, 11) is 0. The van der Waals surface area contributed by atoms with E-state index in [2.05, 4.69) is 15.8 Å². The number of thiazole rings is 1. The molecular formula is C20H17F2N3O4S. The highest BCUT2D eigenvalue weighted by molar-refractivity contribution is 7.09. The number of nitrogens with one attached hydrogen (secondary N) is 2. The molecule has 10 heteroatoms. The van der Waals surface area contributed by atoms with Crippen molar-refractivity contribution < 1.29 is 27.8 Å². The van der Waals surface area contributed by atoms with Crippen LogP contribution in [0.15, 0.2) is 53.9 Å². The highest BCUT2D eigenvalue weighted by atomic mass is 32.1. The fraction of sp³-hybridized carbons (Fsp3) is 0.150. The summed E-state index contributed by atoms with van der Waals surface area (Å²) in [5, 5.41) is 2.02. The monoisotopic (exact) mass is 433 g/mol. The minimum absolute atomic E-state index is 0.0724. The van der Waals surface area contributed by atoms with Gasteiger partial charge in [0.2, 0.25) is 0 Å². The summed E-state index contributed by atoms with van der Waals surface area (Å²) in [6.45, 7) is 1.52. The molecule has 3 rings (SSSR count). The topological polar surface area (TPSA) is 89.6 Å². The molecule has 0 saturated heterocycles. The van der Waals surface area contributed by atoms with E-state index in [1.165, 1.54) is 66.1 Å². The standard InChI is InChI=1S/C20H17F2N3O4S/c1-12(29-17-5-3-2-4-15(17)22)19(26)24-25-20(27)16-11-30-18(23-16)10-28-14-8-6-13(21)7-9-14/h2-9,11-12H,10H2,1H3,(H,24,26)(H,25,27). The number of amides is 2. The highest BCUT2D eigenvalue weighted by Crippen LogP contribution is 2.17. The fourth-order valence-corrected chi connectivity index (χ4v) is 2.91. The number of aromatic nitrogens is 1. The van der Waals surface area contributed by atoms with Crippen LogP contribution in [0.1, 0.15) is 22.4 Å². The van der Waals surface area contributed by atoms with Crippen LogP contribution in [0.3, 0.4) is 0 Å². The number of ether oxygens (including phenoxy) is 2. The molecule has 1 heterocycles. The molecular weight excluding hydrogens is 416 g/mol. The predicted molar refractivity (Wildman–Crippen MR) is 105 cm³/mol. The first-order chi connectivity index (χ1) is 14.4. The molecule has 156 valence electrons. The quantitative estimate of drug-likeness (QED) is 0.559. The van der Waals surface area contributed by atoms with Crippen LogP contribution in [0, 0.1) is 11.6 Å². The zero-order valence-electron chi connectivity index (χ0n) is 15.7. The minimum Gasteiger partial charge on any atom is -0.486 e. The summed E-state index contributed by atoms with van der Waals surface area (Å²) >= 11 is 1.19. The maximum atomic E-state index is 13.6. The van der Waals surface area contributed by atoms with Gasteiger partial charge in [-0.15, -0.1) is 11.3 Å². The number of para-hydroxylation sites is 1. The Kier molecular flexibility index (Phi) is 6.91. The molecule has 0 saturated carbocycles. The molecule has 0 fully saturated rings. The van der Waals surface area contributed by atoms with Gasteiger partial charge in [0.15, 0.2) is 17.7 Å². The molecule has 0 bridgehead atoms. The molecule has 0 aliphatic rings. The normalized spacial score (nSPS) is 11.4. The lowest BCUT2D eigenvalue weighted by atomic mass is 10.3. The Hall–Kier alpha value is -3.53. The second kappa shape index (κ2) is 9.79. The van der Waals surface area contributed by atoms with Crippen LogP contribution in [0.5, 0.6) is 11.5 Å². The zero-order valence-corrected chi connectivity index (χ0v) is 16.5. The van der Waals surface area contributed by atoms with Gasteiger partial charge < -0.3 is 9.47 Å². The van der Waals surface area contributed by atoms with Crippen LogP contribution in [-0.4, -0.2) is 22.9 Å². The Bertz CT molecular complexity index is 1030. The second-order valence-corrected chi connectivity index (χ2v) is 6.95. The van der Waals surface area contributed by atoms with E-state index < -0.39 is 23.7 Å². The Morgan fingerprint density at radius 3 is 2.57 bits per heavy atom. The number of rotatable bonds is 7. The molecule has 30 heavy (non-hydrogen) atoms. The van der Waals surface area contributed by atoms with Gasteiger partial charge in [-0.1, -0.05) is 12.1 Å². The van der Waals surface area contributed by atoms with Crippen LogP contribution < -0.4 is 20.3 Å². The van der Waals surface area contributed by atoms with Gasteiger partial charge >= 0.3 is 0 Å². The largest absolute Gasteiger partial charge is 0.486 e. The van der Waals surface area contributed by atoms with E-state index in [0.717, 1.165) is 0 Å². The van der Waals surface area contributed by atoms with Crippen LogP contribution in [0.25, 0.3) is 0 Å². The molecule has 1 unspecified atom stereocenters. The van der Waals surface area contributed by atoms with Crippen molar-refractivity contribution in [2.75, 3.05) is 0 Å². The van der Waals surface area contributed by atoms with Crippen molar-refractivity contribution in [3.63, 3.8) is 0 Å². The van der Waals surface area contributed by atoms with E-state index in [9.17, 15) is 18.4 Å². The Morgan fingerprint density at radius 2 is 1.83 bits per heavy atom. The summed E-state index contributed by atoms with van der Waals surface area (Å²) in [5.74, 6) is -1.87. The average Bonchev–Trinajstić information content (AvgIpc) is 3.22. The summed E-state index contributed by atoms with van der Waals surface area (Å²) < 4.78 is 37.2. The van der Waals surface area contributed by atoms with Crippen LogP contribution in [0.4, 0.5) is 8.78 Å². The molecule has 2 aromatic carbocycles. The Balaban J connectivity index is 1.47. The molecule has 0 aliphatic heterocycles. The number of carbonyl (C=O) groups excluding carboxylic acids is 2.